The van der Waals surface area contributed by atoms with E-state index in [-0.39, 0.29) is 0 Å². The molecule has 1 saturated carbocycles. The Kier molecular flexibility index (Phi) is 2.87. The van der Waals surface area contributed by atoms with Gasteiger partial charge in [-0.25, -0.2) is 0 Å². The Morgan fingerprint density at radius 1 is 1.45 bits per heavy atom. The molecule has 1 fully saturated rings. The second-order valence-electron chi connectivity index (χ2n) is 3.61. The van der Waals surface area contributed by atoms with Crippen LogP contribution < -0.4 is 11.5 Å². The van der Waals surface area contributed by atoms with Crippen LogP contribution in [0.5, 0.6) is 0 Å². The number of hydrogen-bond donors (Lipinski definition) is 3. The minimum Gasteiger partial charge on any atom is -0.390 e. The number of rotatable bonds is 3. The van der Waals surface area contributed by atoms with Crippen LogP contribution in [0.25, 0.3) is 0 Å². The maximum Gasteiger partial charge on any atom is 0.0663 e. The van der Waals surface area contributed by atoms with Crippen LogP contribution in [-0.2, 0) is 0 Å². The summed E-state index contributed by atoms with van der Waals surface area (Å²) in [7, 11) is 0. The van der Waals surface area contributed by atoms with Crippen LogP contribution in [0.3, 0.4) is 0 Å². The van der Waals surface area contributed by atoms with Gasteiger partial charge in [-0.1, -0.05) is 0 Å². The second-order valence-corrected chi connectivity index (χ2v) is 3.61. The van der Waals surface area contributed by atoms with Gasteiger partial charge < -0.3 is 16.6 Å². The lowest BCUT2D eigenvalue weighted by atomic mass is 9.96. The summed E-state index contributed by atoms with van der Waals surface area (Å²) in [4.78, 5) is 0. The first-order valence-corrected chi connectivity index (χ1v) is 4.33. The van der Waals surface area contributed by atoms with Crippen LogP contribution in [-0.4, -0.2) is 23.8 Å². The van der Waals surface area contributed by atoms with Crippen molar-refractivity contribution < 1.29 is 5.11 Å². The van der Waals surface area contributed by atoms with E-state index in [1.165, 1.54) is 0 Å². The van der Waals surface area contributed by atoms with E-state index >= 15 is 0 Å². The molecule has 1 aliphatic rings. The molecule has 0 amide bonds. The highest BCUT2D eigenvalue weighted by atomic mass is 16.3. The molecule has 0 aromatic carbocycles. The van der Waals surface area contributed by atoms with Crippen LogP contribution in [0, 0.1) is 5.92 Å². The first-order valence-electron chi connectivity index (χ1n) is 4.33. The summed E-state index contributed by atoms with van der Waals surface area (Å²) >= 11 is 0. The molecule has 66 valence electrons. The Labute approximate surface area is 67.8 Å². The summed E-state index contributed by atoms with van der Waals surface area (Å²) in [6.07, 6.45) is 3.52. The van der Waals surface area contributed by atoms with Crippen LogP contribution in [0.1, 0.15) is 25.7 Å². The topological polar surface area (TPSA) is 72.3 Å². The van der Waals surface area contributed by atoms with Gasteiger partial charge in [0.1, 0.15) is 0 Å². The quantitative estimate of drug-likeness (QED) is 0.533. The Morgan fingerprint density at radius 2 is 2.18 bits per heavy atom. The van der Waals surface area contributed by atoms with Gasteiger partial charge in [-0.05, 0) is 44.7 Å². The van der Waals surface area contributed by atoms with Gasteiger partial charge in [0.05, 0.1) is 5.60 Å². The molecule has 0 aromatic rings. The van der Waals surface area contributed by atoms with Gasteiger partial charge in [0.25, 0.3) is 0 Å². The van der Waals surface area contributed by atoms with Gasteiger partial charge >= 0.3 is 0 Å². The second kappa shape index (κ2) is 3.52. The Balaban J connectivity index is 2.37. The maximum absolute atomic E-state index is 9.86. The van der Waals surface area contributed by atoms with Crippen LogP contribution in [0.2, 0.25) is 0 Å². The van der Waals surface area contributed by atoms with Crippen LogP contribution >= 0.6 is 0 Å². The summed E-state index contributed by atoms with van der Waals surface area (Å²) in [5.74, 6) is 0.520. The Bertz CT molecular complexity index is 129. The van der Waals surface area contributed by atoms with E-state index in [1.54, 1.807) is 0 Å². The predicted octanol–water partition coefficient (Wildman–Crippen LogP) is -0.175. The lowest BCUT2D eigenvalue weighted by Gasteiger charge is -2.21. The van der Waals surface area contributed by atoms with E-state index < -0.39 is 5.60 Å². The maximum atomic E-state index is 9.86. The van der Waals surface area contributed by atoms with E-state index in [0.29, 0.717) is 19.0 Å². The van der Waals surface area contributed by atoms with E-state index in [1.807, 2.05) is 0 Å². The van der Waals surface area contributed by atoms with E-state index in [2.05, 4.69) is 0 Å². The molecule has 1 aliphatic carbocycles. The van der Waals surface area contributed by atoms with Gasteiger partial charge in [0.2, 0.25) is 0 Å². The summed E-state index contributed by atoms with van der Waals surface area (Å²) in [6, 6.07) is 0. The predicted molar refractivity (Wildman–Crippen MR) is 45.0 cm³/mol. The van der Waals surface area contributed by atoms with Gasteiger partial charge in [-0.2, -0.15) is 0 Å². The molecule has 0 heterocycles. The highest BCUT2D eigenvalue weighted by Crippen LogP contribution is 2.35. The fourth-order valence-corrected chi connectivity index (χ4v) is 1.91. The monoisotopic (exact) mass is 158 g/mol. The summed E-state index contributed by atoms with van der Waals surface area (Å²) in [6.45, 7) is 1.28. The summed E-state index contributed by atoms with van der Waals surface area (Å²) in [5.41, 5.74) is 10.4. The molecule has 0 bridgehead atoms. The number of aliphatic hydroxyl groups is 1. The SMILES string of the molecule is NCCC1(O)CCC(CN)C1. The number of nitrogens with two attached hydrogens (primary N) is 2. The van der Waals surface area contributed by atoms with E-state index in [0.717, 1.165) is 25.7 Å². The van der Waals surface area contributed by atoms with E-state index in [9.17, 15) is 5.11 Å². The number of hydrogen-bond acceptors (Lipinski definition) is 3. The van der Waals surface area contributed by atoms with Crippen LogP contribution in [0.15, 0.2) is 0 Å². The van der Waals surface area contributed by atoms with Crippen molar-refractivity contribution in [1.29, 1.82) is 0 Å². The van der Waals surface area contributed by atoms with Gasteiger partial charge in [0.15, 0.2) is 0 Å². The third-order valence-corrected chi connectivity index (χ3v) is 2.63. The zero-order valence-electron chi connectivity index (χ0n) is 6.92. The molecule has 0 spiro atoms. The van der Waals surface area contributed by atoms with Crippen molar-refractivity contribution in [1.82, 2.24) is 0 Å². The van der Waals surface area contributed by atoms with Gasteiger partial charge in [-0.3, -0.25) is 0 Å². The molecular formula is C8H18N2O. The third-order valence-electron chi connectivity index (χ3n) is 2.63. The molecule has 0 aromatic heterocycles. The van der Waals surface area contributed by atoms with Crippen molar-refractivity contribution in [2.75, 3.05) is 13.1 Å². The minimum absolute atomic E-state index is 0.487. The third kappa shape index (κ3) is 2.15. The molecule has 11 heavy (non-hydrogen) atoms. The van der Waals surface area contributed by atoms with Crippen molar-refractivity contribution in [3.05, 3.63) is 0 Å². The van der Waals surface area contributed by atoms with Gasteiger partial charge in [0, 0.05) is 0 Å². The van der Waals surface area contributed by atoms with Gasteiger partial charge in [-0.15, -0.1) is 0 Å². The fraction of sp³-hybridized carbons (Fsp3) is 1.00. The molecule has 3 nitrogen and oxygen atoms in total. The van der Waals surface area contributed by atoms with Crippen molar-refractivity contribution in [2.24, 2.45) is 17.4 Å². The van der Waals surface area contributed by atoms with E-state index in [4.69, 9.17) is 11.5 Å². The molecule has 3 heteroatoms. The molecule has 0 aliphatic heterocycles. The molecule has 0 saturated heterocycles. The molecule has 0 radical (unpaired) electrons. The first-order chi connectivity index (χ1) is 5.20. The summed E-state index contributed by atoms with van der Waals surface area (Å²) < 4.78 is 0. The van der Waals surface area contributed by atoms with Crippen molar-refractivity contribution in [3.63, 3.8) is 0 Å². The largest absolute Gasteiger partial charge is 0.390 e. The standard InChI is InChI=1S/C8H18N2O/c9-4-3-8(11)2-1-7(5-8)6-10/h7,11H,1-6,9-10H2. The minimum atomic E-state index is -0.487. The smallest absolute Gasteiger partial charge is 0.0663 e. The Morgan fingerprint density at radius 3 is 2.64 bits per heavy atom. The normalized spacial score (nSPS) is 37.9. The molecule has 2 atom stereocenters. The zero-order chi connectivity index (χ0) is 8.32. The molecule has 5 N–H and O–H groups in total. The summed E-state index contributed by atoms with van der Waals surface area (Å²) in [5, 5.41) is 9.86. The lowest BCUT2D eigenvalue weighted by Crippen LogP contribution is -2.29. The molecular weight excluding hydrogens is 140 g/mol. The lowest BCUT2D eigenvalue weighted by molar-refractivity contribution is 0.0375. The van der Waals surface area contributed by atoms with Crippen LogP contribution in [0.4, 0.5) is 0 Å². The van der Waals surface area contributed by atoms with Crippen molar-refractivity contribution >= 4 is 0 Å². The highest BCUT2D eigenvalue weighted by Gasteiger charge is 2.35. The average molecular weight is 158 g/mol. The Hall–Kier alpha value is -0.120. The molecule has 2 unspecified atom stereocenters. The highest BCUT2D eigenvalue weighted by molar-refractivity contribution is 4.89. The zero-order valence-corrected chi connectivity index (χ0v) is 6.92. The first kappa shape index (κ1) is 8.97. The average Bonchev–Trinajstić information content (AvgIpc) is 2.33. The molecule has 1 rings (SSSR count). The fourth-order valence-electron chi connectivity index (χ4n) is 1.91. The van der Waals surface area contributed by atoms with Crippen molar-refractivity contribution in [3.8, 4) is 0 Å². The van der Waals surface area contributed by atoms with Crippen molar-refractivity contribution in [2.45, 2.75) is 31.3 Å².